The Morgan fingerprint density at radius 2 is 1.82 bits per heavy atom. The van der Waals surface area contributed by atoms with Crippen molar-refractivity contribution in [1.29, 1.82) is 0 Å². The predicted molar refractivity (Wildman–Crippen MR) is 70.8 cm³/mol. The van der Waals surface area contributed by atoms with E-state index in [0.717, 1.165) is 24.6 Å². The largest absolute Gasteiger partial charge is 0.493 e. The minimum Gasteiger partial charge on any atom is -0.493 e. The molecule has 0 heterocycles. The molecule has 3 nitrogen and oxygen atoms in total. The smallest absolute Gasteiger partial charge is 0.161 e. The second kappa shape index (κ2) is 7.17. The lowest BCUT2D eigenvalue weighted by molar-refractivity contribution is 0.318. The van der Waals surface area contributed by atoms with Gasteiger partial charge in [0.2, 0.25) is 0 Å². The first kappa shape index (κ1) is 13.8. The fraction of sp³-hybridized carbons (Fsp3) is 0.571. The van der Waals surface area contributed by atoms with Gasteiger partial charge in [-0.05, 0) is 37.7 Å². The zero-order valence-corrected chi connectivity index (χ0v) is 11.3. The molecule has 17 heavy (non-hydrogen) atoms. The van der Waals surface area contributed by atoms with Crippen molar-refractivity contribution in [2.45, 2.75) is 26.3 Å². The fourth-order valence-electron chi connectivity index (χ4n) is 1.80. The molecule has 0 aliphatic carbocycles. The predicted octanol–water partition coefficient (Wildman–Crippen LogP) is 2.94. The van der Waals surface area contributed by atoms with E-state index in [1.54, 1.807) is 14.2 Å². The van der Waals surface area contributed by atoms with E-state index in [-0.39, 0.29) is 0 Å². The Labute approximate surface area is 104 Å². The van der Waals surface area contributed by atoms with E-state index in [4.69, 9.17) is 9.47 Å². The zero-order valence-electron chi connectivity index (χ0n) is 11.3. The molecule has 0 saturated heterocycles. The average molecular weight is 237 g/mol. The summed E-state index contributed by atoms with van der Waals surface area (Å²) >= 11 is 0. The molecule has 1 aromatic carbocycles. The molecule has 0 aromatic heterocycles. The molecule has 0 bridgehead atoms. The van der Waals surface area contributed by atoms with Crippen LogP contribution in [0.1, 0.15) is 25.3 Å². The van der Waals surface area contributed by atoms with Gasteiger partial charge in [0, 0.05) is 6.54 Å². The van der Waals surface area contributed by atoms with Crippen LogP contribution in [0.5, 0.6) is 11.5 Å². The number of hydrogen-bond donors (Lipinski definition) is 0. The molecule has 0 aliphatic rings. The summed E-state index contributed by atoms with van der Waals surface area (Å²) in [5.41, 5.74) is 1.25. The van der Waals surface area contributed by atoms with Crippen molar-refractivity contribution in [3.63, 3.8) is 0 Å². The minimum atomic E-state index is 0.785. The van der Waals surface area contributed by atoms with Crippen molar-refractivity contribution in [1.82, 2.24) is 4.90 Å². The van der Waals surface area contributed by atoms with Crippen LogP contribution in [0, 0.1) is 0 Å². The average Bonchev–Trinajstić information content (AvgIpc) is 2.36. The molecule has 0 radical (unpaired) electrons. The second-order valence-electron chi connectivity index (χ2n) is 4.28. The number of ether oxygens (including phenoxy) is 2. The molecule has 0 atom stereocenters. The van der Waals surface area contributed by atoms with Crippen LogP contribution < -0.4 is 9.47 Å². The van der Waals surface area contributed by atoms with E-state index >= 15 is 0 Å². The van der Waals surface area contributed by atoms with Crippen LogP contribution in [0.3, 0.4) is 0 Å². The molecule has 3 heteroatoms. The first-order chi connectivity index (χ1) is 8.21. The van der Waals surface area contributed by atoms with Crippen LogP contribution in [0.15, 0.2) is 18.2 Å². The second-order valence-corrected chi connectivity index (χ2v) is 4.28. The zero-order chi connectivity index (χ0) is 12.7. The number of hydrogen-bond acceptors (Lipinski definition) is 3. The summed E-state index contributed by atoms with van der Waals surface area (Å²) in [7, 11) is 5.47. The maximum atomic E-state index is 5.30. The van der Waals surface area contributed by atoms with Gasteiger partial charge in [0.1, 0.15) is 0 Å². The number of methoxy groups -OCH3 is 2. The Bertz CT molecular complexity index is 339. The standard InChI is InChI=1S/C14H23NO2/c1-5-6-9-15(2)11-12-7-8-13(16-3)14(10-12)17-4/h7-8,10H,5-6,9,11H2,1-4H3. The lowest BCUT2D eigenvalue weighted by Gasteiger charge is -2.17. The fourth-order valence-corrected chi connectivity index (χ4v) is 1.80. The van der Waals surface area contributed by atoms with Crippen LogP contribution in [-0.2, 0) is 6.54 Å². The molecule has 1 aromatic rings. The van der Waals surface area contributed by atoms with Crippen molar-refractivity contribution in [2.75, 3.05) is 27.8 Å². The minimum absolute atomic E-state index is 0.785. The Hall–Kier alpha value is -1.22. The Balaban J connectivity index is 2.65. The topological polar surface area (TPSA) is 21.7 Å². The molecule has 0 spiro atoms. The third kappa shape index (κ3) is 4.27. The molecule has 0 aliphatic heterocycles. The number of unbranched alkanes of at least 4 members (excludes halogenated alkanes) is 1. The molecule has 0 amide bonds. The van der Waals surface area contributed by atoms with Crippen molar-refractivity contribution < 1.29 is 9.47 Å². The number of nitrogens with zero attached hydrogens (tertiary/aromatic N) is 1. The van der Waals surface area contributed by atoms with Gasteiger partial charge >= 0.3 is 0 Å². The van der Waals surface area contributed by atoms with Crippen molar-refractivity contribution in [2.24, 2.45) is 0 Å². The van der Waals surface area contributed by atoms with Crippen LogP contribution in [-0.4, -0.2) is 32.7 Å². The number of benzene rings is 1. The van der Waals surface area contributed by atoms with Crippen molar-refractivity contribution in [3.05, 3.63) is 23.8 Å². The molecule has 1 rings (SSSR count). The van der Waals surface area contributed by atoms with E-state index in [0.29, 0.717) is 0 Å². The molecule has 96 valence electrons. The Morgan fingerprint density at radius 3 is 2.41 bits per heavy atom. The monoisotopic (exact) mass is 237 g/mol. The lowest BCUT2D eigenvalue weighted by Crippen LogP contribution is -2.18. The van der Waals surface area contributed by atoms with Gasteiger partial charge in [-0.25, -0.2) is 0 Å². The third-order valence-electron chi connectivity index (χ3n) is 2.79. The highest BCUT2D eigenvalue weighted by Crippen LogP contribution is 2.27. The normalized spacial score (nSPS) is 10.6. The molecule has 0 fully saturated rings. The number of rotatable bonds is 7. The summed E-state index contributed by atoms with van der Waals surface area (Å²) < 4.78 is 10.5. The van der Waals surface area contributed by atoms with Crippen LogP contribution in [0.25, 0.3) is 0 Å². The molecular formula is C14H23NO2. The van der Waals surface area contributed by atoms with E-state index in [2.05, 4.69) is 24.9 Å². The Morgan fingerprint density at radius 1 is 1.12 bits per heavy atom. The summed E-state index contributed by atoms with van der Waals surface area (Å²) in [6.07, 6.45) is 2.47. The van der Waals surface area contributed by atoms with Gasteiger partial charge in [0.15, 0.2) is 11.5 Å². The van der Waals surface area contributed by atoms with E-state index in [9.17, 15) is 0 Å². The summed E-state index contributed by atoms with van der Waals surface area (Å²) in [4.78, 5) is 2.32. The van der Waals surface area contributed by atoms with Crippen LogP contribution in [0.2, 0.25) is 0 Å². The summed E-state index contributed by atoms with van der Waals surface area (Å²) in [6, 6.07) is 6.09. The van der Waals surface area contributed by atoms with Gasteiger partial charge in [-0.1, -0.05) is 19.4 Å². The molecule has 0 unspecified atom stereocenters. The lowest BCUT2D eigenvalue weighted by atomic mass is 10.2. The highest BCUT2D eigenvalue weighted by Gasteiger charge is 2.06. The maximum Gasteiger partial charge on any atom is 0.161 e. The van der Waals surface area contributed by atoms with E-state index in [1.165, 1.54) is 18.4 Å². The molecular weight excluding hydrogens is 214 g/mol. The van der Waals surface area contributed by atoms with Crippen LogP contribution in [0.4, 0.5) is 0 Å². The van der Waals surface area contributed by atoms with E-state index < -0.39 is 0 Å². The summed E-state index contributed by atoms with van der Waals surface area (Å²) in [5, 5.41) is 0. The van der Waals surface area contributed by atoms with Gasteiger partial charge in [-0.2, -0.15) is 0 Å². The first-order valence-electron chi connectivity index (χ1n) is 6.10. The Kier molecular flexibility index (Phi) is 5.84. The maximum absolute atomic E-state index is 5.30. The van der Waals surface area contributed by atoms with Gasteiger partial charge in [0.25, 0.3) is 0 Å². The third-order valence-corrected chi connectivity index (χ3v) is 2.79. The summed E-state index contributed by atoms with van der Waals surface area (Å²) in [5.74, 6) is 1.58. The molecule has 0 saturated carbocycles. The SMILES string of the molecule is CCCCN(C)Cc1ccc(OC)c(OC)c1. The van der Waals surface area contributed by atoms with Crippen molar-refractivity contribution in [3.8, 4) is 11.5 Å². The van der Waals surface area contributed by atoms with Gasteiger partial charge < -0.3 is 14.4 Å². The molecule has 0 N–H and O–H groups in total. The summed E-state index contributed by atoms with van der Waals surface area (Å²) in [6.45, 7) is 4.29. The van der Waals surface area contributed by atoms with Gasteiger partial charge in [-0.15, -0.1) is 0 Å². The first-order valence-corrected chi connectivity index (χ1v) is 6.10. The highest BCUT2D eigenvalue weighted by molar-refractivity contribution is 5.42. The van der Waals surface area contributed by atoms with Gasteiger partial charge in [0.05, 0.1) is 14.2 Å². The van der Waals surface area contributed by atoms with E-state index in [1.807, 2.05) is 12.1 Å². The van der Waals surface area contributed by atoms with Crippen molar-refractivity contribution >= 4 is 0 Å². The highest BCUT2D eigenvalue weighted by atomic mass is 16.5. The van der Waals surface area contributed by atoms with Crippen LogP contribution >= 0.6 is 0 Å². The quantitative estimate of drug-likeness (QED) is 0.728. The van der Waals surface area contributed by atoms with Gasteiger partial charge in [-0.3, -0.25) is 0 Å².